The fourth-order valence-corrected chi connectivity index (χ4v) is 13.9. The van der Waals surface area contributed by atoms with Crippen molar-refractivity contribution in [2.45, 2.75) is 145 Å². The number of rotatable bonds is 8. The molecular formula is C36H54F2O5S. The van der Waals surface area contributed by atoms with E-state index in [0.717, 1.165) is 38.5 Å². The molecule has 3 unspecified atom stereocenters. The molecule has 6 rings (SSSR count). The van der Waals surface area contributed by atoms with Gasteiger partial charge in [0.1, 0.15) is 0 Å². The van der Waals surface area contributed by atoms with Gasteiger partial charge in [0.05, 0.1) is 28.0 Å². The quantitative estimate of drug-likeness (QED) is 0.304. The maximum Gasteiger partial charge on any atom is 0.345 e. The van der Waals surface area contributed by atoms with Crippen molar-refractivity contribution in [1.82, 2.24) is 0 Å². The van der Waals surface area contributed by atoms with E-state index in [1.54, 1.807) is 24.3 Å². The molecule has 0 bridgehead atoms. The number of halogens is 2. The maximum atomic E-state index is 14.4. The predicted octanol–water partition coefficient (Wildman–Crippen LogP) is 7.79. The highest BCUT2D eigenvalue weighted by molar-refractivity contribution is 7.92. The molecule has 5 nitrogen and oxygen atoms in total. The minimum Gasteiger partial charge on any atom is -0.393 e. The van der Waals surface area contributed by atoms with Crippen molar-refractivity contribution in [2.75, 3.05) is 0 Å². The fourth-order valence-electron chi connectivity index (χ4n) is 11.8. The molecule has 5 aliphatic carbocycles. The summed E-state index contributed by atoms with van der Waals surface area (Å²) >= 11 is 0. The van der Waals surface area contributed by atoms with E-state index in [1.165, 1.54) is 19.3 Å². The van der Waals surface area contributed by atoms with Crippen molar-refractivity contribution < 1.29 is 32.1 Å². The van der Waals surface area contributed by atoms with Gasteiger partial charge in [0.15, 0.2) is 9.84 Å². The molecule has 5 aliphatic rings. The van der Waals surface area contributed by atoms with E-state index in [0.29, 0.717) is 46.8 Å². The topological polar surface area (TPSA) is 83.8 Å². The van der Waals surface area contributed by atoms with Gasteiger partial charge in [0, 0.05) is 0 Å². The Morgan fingerprint density at radius 1 is 0.886 bits per heavy atom. The third-order valence-corrected chi connectivity index (χ3v) is 16.5. The molecule has 0 aromatic heterocycles. The molecule has 0 saturated heterocycles. The minimum absolute atomic E-state index is 0.0494. The number of hydrogen-bond acceptors (Lipinski definition) is 5. The summed E-state index contributed by atoms with van der Waals surface area (Å²) in [6.07, 6.45) is 10.3. The molecule has 248 valence electrons. The highest BCUT2D eigenvalue weighted by Gasteiger charge is 2.61. The zero-order valence-electron chi connectivity index (χ0n) is 26.8. The van der Waals surface area contributed by atoms with E-state index in [1.807, 2.05) is 6.07 Å². The second kappa shape index (κ2) is 12.2. The van der Waals surface area contributed by atoms with Crippen LogP contribution in [0.4, 0.5) is 8.78 Å². The molecule has 8 heteroatoms. The Kier molecular flexibility index (Phi) is 9.08. The number of ether oxygens (including phenoxy) is 1. The molecule has 0 heterocycles. The smallest absolute Gasteiger partial charge is 0.345 e. The molecule has 44 heavy (non-hydrogen) atoms. The van der Waals surface area contributed by atoms with Gasteiger partial charge in [-0.05, 0) is 148 Å². The first-order valence-electron chi connectivity index (χ1n) is 17.4. The number of aliphatic hydroxyl groups is 2. The van der Waals surface area contributed by atoms with Crippen LogP contribution in [0.25, 0.3) is 0 Å². The van der Waals surface area contributed by atoms with Gasteiger partial charge >= 0.3 is 6.61 Å². The van der Waals surface area contributed by atoms with Gasteiger partial charge in [-0.1, -0.05) is 39.0 Å². The molecule has 10 atom stereocenters. The van der Waals surface area contributed by atoms with Gasteiger partial charge in [-0.3, -0.25) is 0 Å². The van der Waals surface area contributed by atoms with Gasteiger partial charge < -0.3 is 14.9 Å². The average Bonchev–Trinajstić information content (AvgIpc) is 3.35. The molecule has 5 saturated carbocycles. The van der Waals surface area contributed by atoms with Crippen LogP contribution in [-0.2, 0) is 14.6 Å². The molecular weight excluding hydrogens is 582 g/mol. The minimum atomic E-state index is -3.76. The van der Waals surface area contributed by atoms with Crippen LogP contribution in [0.2, 0.25) is 0 Å². The van der Waals surface area contributed by atoms with Crippen LogP contribution in [-0.4, -0.2) is 48.3 Å². The lowest BCUT2D eigenvalue weighted by atomic mass is 9.44. The van der Waals surface area contributed by atoms with Crippen molar-refractivity contribution in [2.24, 2.45) is 46.3 Å². The van der Waals surface area contributed by atoms with E-state index in [2.05, 4.69) is 20.8 Å². The monoisotopic (exact) mass is 636 g/mol. The van der Waals surface area contributed by atoms with Crippen molar-refractivity contribution in [3.63, 3.8) is 0 Å². The molecule has 1 aromatic rings. The van der Waals surface area contributed by atoms with Gasteiger partial charge in [-0.2, -0.15) is 8.78 Å². The Labute approximate surface area is 263 Å². The predicted molar refractivity (Wildman–Crippen MR) is 167 cm³/mol. The van der Waals surface area contributed by atoms with Gasteiger partial charge in [0.2, 0.25) is 0 Å². The summed E-state index contributed by atoms with van der Waals surface area (Å²) in [7, 11) is -3.76. The number of hydrogen-bond donors (Lipinski definition) is 2. The van der Waals surface area contributed by atoms with E-state index >= 15 is 0 Å². The standard InChI is InChI=1S/C36H54F2O5S/c1-23(29-11-12-30-28-10-9-24-21-25(39)13-17-34(24,2)31(28)16-18-35(29,30)3)32(44(41,42)27-7-5-4-6-8-27)22-36(40)19-14-26(15-20-36)43-33(37)38/h4-8,23-26,28-33,39-40H,9-22H2,1-3H3/t23-,24?,25-,26?,28-,29+,30?,31-,32?,34-,35+,36?/m0/s1. The first kappa shape index (κ1) is 32.8. The molecule has 1 aromatic carbocycles. The fraction of sp³-hybridized carbons (Fsp3) is 0.833. The van der Waals surface area contributed by atoms with Crippen molar-refractivity contribution in [1.29, 1.82) is 0 Å². The zero-order valence-corrected chi connectivity index (χ0v) is 27.7. The van der Waals surface area contributed by atoms with Gasteiger partial charge in [0.25, 0.3) is 0 Å². The van der Waals surface area contributed by atoms with Crippen LogP contribution in [0.3, 0.4) is 0 Å². The third-order valence-electron chi connectivity index (χ3n) is 14.1. The van der Waals surface area contributed by atoms with E-state index in [-0.39, 0.29) is 42.6 Å². The lowest BCUT2D eigenvalue weighted by Crippen LogP contribution is -2.54. The summed E-state index contributed by atoms with van der Waals surface area (Å²) in [6, 6.07) is 8.66. The lowest BCUT2D eigenvalue weighted by Gasteiger charge is -2.61. The second-order valence-corrected chi connectivity index (χ2v) is 18.3. The van der Waals surface area contributed by atoms with Crippen molar-refractivity contribution in [3.8, 4) is 0 Å². The summed E-state index contributed by atoms with van der Waals surface area (Å²) in [5.74, 6) is 2.59. The van der Waals surface area contributed by atoms with Crippen molar-refractivity contribution >= 4 is 9.84 Å². The lowest BCUT2D eigenvalue weighted by molar-refractivity contribution is -0.181. The molecule has 5 fully saturated rings. The summed E-state index contributed by atoms with van der Waals surface area (Å²) < 4.78 is 59.3. The Morgan fingerprint density at radius 3 is 2.23 bits per heavy atom. The van der Waals surface area contributed by atoms with E-state index in [9.17, 15) is 27.4 Å². The molecule has 0 radical (unpaired) electrons. The Bertz CT molecular complexity index is 1250. The van der Waals surface area contributed by atoms with E-state index < -0.39 is 33.4 Å². The third kappa shape index (κ3) is 5.81. The van der Waals surface area contributed by atoms with E-state index in [4.69, 9.17) is 4.74 Å². The van der Waals surface area contributed by atoms with Crippen LogP contribution >= 0.6 is 0 Å². The molecule has 0 aliphatic heterocycles. The Balaban J connectivity index is 1.25. The molecule has 0 spiro atoms. The summed E-state index contributed by atoms with van der Waals surface area (Å²) in [4.78, 5) is 0.296. The maximum absolute atomic E-state index is 14.4. The number of alkyl halides is 2. The second-order valence-electron chi connectivity index (χ2n) is 16.1. The van der Waals surface area contributed by atoms with Crippen LogP contribution < -0.4 is 0 Å². The summed E-state index contributed by atoms with van der Waals surface area (Å²) in [5, 5.41) is 21.4. The number of aliphatic hydroxyl groups excluding tert-OH is 1. The summed E-state index contributed by atoms with van der Waals surface area (Å²) in [5.41, 5.74) is -0.881. The summed E-state index contributed by atoms with van der Waals surface area (Å²) in [6.45, 7) is 4.22. The highest BCUT2D eigenvalue weighted by Crippen LogP contribution is 2.68. The number of benzene rings is 1. The SMILES string of the molecule is C[C@H](C(CC1(O)CCC(OC(F)F)CC1)S(=O)(=O)c1ccccc1)[C@H]1CCC2[C@@H]3CCC4C[C@@H](O)CC[C@]4(C)[C@H]3CC[C@@]21C. The van der Waals surface area contributed by atoms with Gasteiger partial charge in [-0.25, -0.2) is 8.42 Å². The molecule has 0 amide bonds. The number of sulfone groups is 1. The van der Waals surface area contributed by atoms with Crippen LogP contribution in [0.5, 0.6) is 0 Å². The van der Waals surface area contributed by atoms with Gasteiger partial charge in [-0.15, -0.1) is 0 Å². The Morgan fingerprint density at radius 2 is 1.55 bits per heavy atom. The Hall–Kier alpha value is -1.09. The highest BCUT2D eigenvalue weighted by atomic mass is 32.2. The average molecular weight is 637 g/mol. The van der Waals surface area contributed by atoms with Crippen LogP contribution in [0.15, 0.2) is 35.2 Å². The van der Waals surface area contributed by atoms with Crippen LogP contribution in [0, 0.1) is 46.3 Å². The zero-order chi connectivity index (χ0) is 31.5. The first-order valence-corrected chi connectivity index (χ1v) is 18.9. The van der Waals surface area contributed by atoms with Crippen molar-refractivity contribution in [3.05, 3.63) is 30.3 Å². The molecule has 2 N–H and O–H groups in total. The van der Waals surface area contributed by atoms with Crippen LogP contribution in [0.1, 0.15) is 111 Å². The largest absolute Gasteiger partial charge is 0.393 e. The number of fused-ring (bicyclic) bond motifs is 5. The normalized spacial score (nSPS) is 44.0. The first-order chi connectivity index (χ1) is 20.8.